The van der Waals surface area contributed by atoms with Gasteiger partial charge in [-0.15, -0.1) is 12.4 Å². The Morgan fingerprint density at radius 1 is 1.00 bits per heavy atom. The van der Waals surface area contributed by atoms with Crippen molar-refractivity contribution in [1.29, 1.82) is 0 Å². The fraction of sp³-hybridized carbons (Fsp3) is 0. The van der Waals surface area contributed by atoms with Crippen molar-refractivity contribution in [3.63, 3.8) is 0 Å². The first-order valence-electron chi connectivity index (χ1n) is 5.95. The molecular formula is C14H11ClN4O2. The first-order chi connectivity index (χ1) is 9.74. The van der Waals surface area contributed by atoms with E-state index in [1.165, 1.54) is 18.5 Å². The van der Waals surface area contributed by atoms with Crippen LogP contribution in [0.5, 0.6) is 0 Å². The molecule has 0 fully saturated rings. The van der Waals surface area contributed by atoms with E-state index in [2.05, 4.69) is 15.3 Å². The number of non-ortho nitro benzene ring substituents is 1. The van der Waals surface area contributed by atoms with E-state index in [-0.39, 0.29) is 18.1 Å². The van der Waals surface area contributed by atoms with E-state index in [1.54, 1.807) is 12.1 Å². The number of hydrogen-bond donors (Lipinski definition) is 1. The highest BCUT2D eigenvalue weighted by atomic mass is 35.5. The van der Waals surface area contributed by atoms with Gasteiger partial charge in [-0.3, -0.25) is 10.1 Å². The highest BCUT2D eigenvalue weighted by Crippen LogP contribution is 2.23. The molecule has 2 aromatic carbocycles. The Bertz CT molecular complexity index is 772. The summed E-state index contributed by atoms with van der Waals surface area (Å²) < 4.78 is 0. The van der Waals surface area contributed by atoms with Crippen LogP contribution in [0.25, 0.3) is 10.9 Å². The maximum absolute atomic E-state index is 10.6. The van der Waals surface area contributed by atoms with Gasteiger partial charge in [-0.1, -0.05) is 12.1 Å². The zero-order valence-corrected chi connectivity index (χ0v) is 11.6. The smallest absolute Gasteiger partial charge is 0.269 e. The molecule has 0 saturated heterocycles. The Labute approximate surface area is 126 Å². The molecule has 21 heavy (non-hydrogen) atoms. The van der Waals surface area contributed by atoms with Gasteiger partial charge < -0.3 is 5.32 Å². The lowest BCUT2D eigenvalue weighted by Crippen LogP contribution is -1.96. The zero-order valence-electron chi connectivity index (χ0n) is 10.8. The fourth-order valence-electron chi connectivity index (χ4n) is 1.91. The van der Waals surface area contributed by atoms with Crippen molar-refractivity contribution in [2.24, 2.45) is 0 Å². The van der Waals surface area contributed by atoms with Gasteiger partial charge in [-0.2, -0.15) is 0 Å². The van der Waals surface area contributed by atoms with Crippen molar-refractivity contribution in [2.45, 2.75) is 0 Å². The second-order valence-corrected chi connectivity index (χ2v) is 4.17. The number of nitrogens with one attached hydrogen (secondary N) is 1. The second-order valence-electron chi connectivity index (χ2n) is 4.17. The highest BCUT2D eigenvalue weighted by Gasteiger charge is 2.06. The number of benzene rings is 2. The summed E-state index contributed by atoms with van der Waals surface area (Å²) in [5.74, 6) is 0.671. The number of aromatic nitrogens is 2. The van der Waals surface area contributed by atoms with Gasteiger partial charge in [0, 0.05) is 23.2 Å². The van der Waals surface area contributed by atoms with Crippen LogP contribution >= 0.6 is 12.4 Å². The fourth-order valence-corrected chi connectivity index (χ4v) is 1.91. The number of halogens is 1. The molecule has 0 saturated carbocycles. The molecule has 3 aromatic rings. The van der Waals surface area contributed by atoms with Crippen LogP contribution in [0.15, 0.2) is 54.9 Å². The molecule has 0 amide bonds. The maximum Gasteiger partial charge on any atom is 0.269 e. The van der Waals surface area contributed by atoms with Gasteiger partial charge in [0.2, 0.25) is 0 Å². The molecule has 0 spiro atoms. The van der Waals surface area contributed by atoms with E-state index in [9.17, 15) is 10.1 Å². The molecule has 0 radical (unpaired) electrons. The quantitative estimate of drug-likeness (QED) is 0.589. The summed E-state index contributed by atoms with van der Waals surface area (Å²) >= 11 is 0. The zero-order chi connectivity index (χ0) is 13.9. The molecule has 0 unspecified atom stereocenters. The highest BCUT2D eigenvalue weighted by molar-refractivity contribution is 5.90. The number of nitro benzene ring substituents is 1. The molecule has 0 aliphatic rings. The number of hydrogen-bond acceptors (Lipinski definition) is 5. The van der Waals surface area contributed by atoms with Crippen LogP contribution in [0.4, 0.5) is 17.2 Å². The second kappa shape index (κ2) is 6.15. The van der Waals surface area contributed by atoms with Crippen LogP contribution in [-0.4, -0.2) is 14.9 Å². The van der Waals surface area contributed by atoms with Crippen LogP contribution in [0.3, 0.4) is 0 Å². The molecule has 0 atom stereocenters. The number of para-hydroxylation sites is 1. The van der Waals surface area contributed by atoms with E-state index in [0.717, 1.165) is 16.6 Å². The third-order valence-corrected chi connectivity index (χ3v) is 2.88. The Kier molecular flexibility index (Phi) is 4.30. The third kappa shape index (κ3) is 3.06. The largest absolute Gasteiger partial charge is 0.340 e. The number of anilines is 2. The molecule has 0 bridgehead atoms. The summed E-state index contributed by atoms with van der Waals surface area (Å²) in [6, 6.07) is 13.8. The summed E-state index contributed by atoms with van der Waals surface area (Å²) in [4.78, 5) is 18.6. The summed E-state index contributed by atoms with van der Waals surface area (Å²) in [5.41, 5.74) is 1.63. The number of fused-ring (bicyclic) bond motifs is 1. The Morgan fingerprint density at radius 3 is 2.43 bits per heavy atom. The lowest BCUT2D eigenvalue weighted by molar-refractivity contribution is -0.384. The number of rotatable bonds is 3. The van der Waals surface area contributed by atoms with Gasteiger partial charge in [0.15, 0.2) is 0 Å². The van der Waals surface area contributed by atoms with Crippen LogP contribution in [0, 0.1) is 10.1 Å². The lowest BCUT2D eigenvalue weighted by atomic mass is 10.2. The van der Waals surface area contributed by atoms with E-state index in [1.807, 2.05) is 24.3 Å². The average Bonchev–Trinajstić information content (AvgIpc) is 2.48. The molecule has 1 aromatic heterocycles. The van der Waals surface area contributed by atoms with Crippen LogP contribution in [-0.2, 0) is 0 Å². The van der Waals surface area contributed by atoms with E-state index >= 15 is 0 Å². The van der Waals surface area contributed by atoms with Gasteiger partial charge in [-0.05, 0) is 24.3 Å². The van der Waals surface area contributed by atoms with Crippen LogP contribution in [0.1, 0.15) is 0 Å². The maximum atomic E-state index is 10.6. The average molecular weight is 303 g/mol. The van der Waals surface area contributed by atoms with E-state index < -0.39 is 4.92 Å². The molecule has 0 aliphatic carbocycles. The minimum Gasteiger partial charge on any atom is -0.340 e. The first-order valence-corrected chi connectivity index (χ1v) is 5.95. The molecule has 1 N–H and O–H groups in total. The normalized spacial score (nSPS) is 9.90. The van der Waals surface area contributed by atoms with Crippen LogP contribution < -0.4 is 5.32 Å². The van der Waals surface area contributed by atoms with Gasteiger partial charge in [-0.25, -0.2) is 9.97 Å². The Hall–Kier alpha value is -2.73. The van der Waals surface area contributed by atoms with Gasteiger partial charge in [0.1, 0.15) is 12.1 Å². The van der Waals surface area contributed by atoms with Gasteiger partial charge in [0.25, 0.3) is 5.69 Å². The minimum absolute atomic E-state index is 0. The summed E-state index contributed by atoms with van der Waals surface area (Å²) in [6.45, 7) is 0. The predicted octanol–water partition coefficient (Wildman–Crippen LogP) is 3.70. The summed E-state index contributed by atoms with van der Waals surface area (Å²) in [7, 11) is 0. The van der Waals surface area contributed by atoms with Crippen molar-refractivity contribution in [2.75, 3.05) is 5.32 Å². The van der Waals surface area contributed by atoms with Crippen molar-refractivity contribution in [1.82, 2.24) is 9.97 Å². The van der Waals surface area contributed by atoms with E-state index in [0.29, 0.717) is 5.82 Å². The molecule has 1 heterocycles. The van der Waals surface area contributed by atoms with Crippen molar-refractivity contribution in [3.05, 3.63) is 65.0 Å². The molecule has 6 nitrogen and oxygen atoms in total. The van der Waals surface area contributed by atoms with Gasteiger partial charge in [0.05, 0.1) is 10.4 Å². The van der Waals surface area contributed by atoms with E-state index in [4.69, 9.17) is 0 Å². The van der Waals surface area contributed by atoms with Crippen molar-refractivity contribution >= 4 is 40.5 Å². The lowest BCUT2D eigenvalue weighted by Gasteiger charge is -2.07. The van der Waals surface area contributed by atoms with Crippen LogP contribution in [0.2, 0.25) is 0 Å². The SMILES string of the molecule is Cl.O=[N+]([O-])c1ccc(Nc2ncnc3ccccc23)cc1. The molecule has 7 heteroatoms. The third-order valence-electron chi connectivity index (χ3n) is 2.88. The monoisotopic (exact) mass is 302 g/mol. The molecule has 3 rings (SSSR count). The topological polar surface area (TPSA) is 81.0 Å². The number of nitrogens with zero attached hydrogens (tertiary/aromatic N) is 3. The first kappa shape index (κ1) is 14.7. The number of nitro groups is 1. The molecule has 0 aliphatic heterocycles. The molecule has 106 valence electrons. The predicted molar refractivity (Wildman–Crippen MR) is 83.2 cm³/mol. The minimum atomic E-state index is -0.427. The standard InChI is InChI=1S/C14H10N4O2.ClH/c19-18(20)11-7-5-10(6-8-11)17-14-12-3-1-2-4-13(12)15-9-16-14;/h1-9H,(H,15,16,17);1H. The Balaban J connectivity index is 0.00000161. The van der Waals surface area contributed by atoms with Crippen molar-refractivity contribution in [3.8, 4) is 0 Å². The van der Waals surface area contributed by atoms with Crippen molar-refractivity contribution < 1.29 is 4.92 Å². The summed E-state index contributed by atoms with van der Waals surface area (Å²) in [5, 5.41) is 14.6. The Morgan fingerprint density at radius 2 is 1.71 bits per heavy atom. The summed E-state index contributed by atoms with van der Waals surface area (Å²) in [6.07, 6.45) is 1.48. The van der Waals surface area contributed by atoms with Gasteiger partial charge >= 0.3 is 0 Å². The molecular weight excluding hydrogens is 292 g/mol.